The first kappa shape index (κ1) is 10.9. The molecule has 0 aromatic rings. The summed E-state index contributed by atoms with van der Waals surface area (Å²) in [6, 6.07) is -0.760. The van der Waals surface area contributed by atoms with Crippen LogP contribution in [0.1, 0.15) is 20.8 Å². The third-order valence-corrected chi connectivity index (χ3v) is 1.23. The summed E-state index contributed by atoms with van der Waals surface area (Å²) < 4.78 is 0. The molecule has 0 saturated heterocycles. The lowest BCUT2D eigenvalue weighted by molar-refractivity contribution is -0.258. The average molecular weight is 175 g/mol. The Morgan fingerprint density at radius 2 is 1.75 bits per heavy atom. The highest BCUT2D eigenvalue weighted by molar-refractivity contribution is 5.76. The molecule has 0 radical (unpaired) electrons. The second-order valence-corrected chi connectivity index (χ2v) is 2.75. The molecule has 0 bridgehead atoms. The SMILES string of the molecule is CC(=O)OOC(=O)C(N)C(C)C. The van der Waals surface area contributed by atoms with Crippen molar-refractivity contribution in [3.05, 3.63) is 0 Å². The molecule has 0 heterocycles. The Bertz CT molecular complexity index is 178. The molecular formula is C7H13NO4. The van der Waals surface area contributed by atoms with Gasteiger partial charge >= 0.3 is 11.9 Å². The second-order valence-electron chi connectivity index (χ2n) is 2.75. The van der Waals surface area contributed by atoms with Crippen molar-refractivity contribution in [1.82, 2.24) is 0 Å². The lowest BCUT2D eigenvalue weighted by Gasteiger charge is -2.11. The highest BCUT2D eigenvalue weighted by Crippen LogP contribution is 2.00. The summed E-state index contributed by atoms with van der Waals surface area (Å²) in [5.41, 5.74) is 5.38. The van der Waals surface area contributed by atoms with Gasteiger partial charge in [0, 0.05) is 6.92 Å². The maximum Gasteiger partial charge on any atom is 0.372 e. The van der Waals surface area contributed by atoms with Crippen LogP contribution in [-0.2, 0) is 19.4 Å². The van der Waals surface area contributed by atoms with Crippen molar-refractivity contribution in [2.45, 2.75) is 26.8 Å². The first-order valence-electron chi connectivity index (χ1n) is 3.59. The molecule has 0 aliphatic heterocycles. The Kier molecular flexibility index (Phi) is 4.28. The van der Waals surface area contributed by atoms with Crippen molar-refractivity contribution in [2.75, 3.05) is 0 Å². The molecule has 0 aliphatic rings. The van der Waals surface area contributed by atoms with Gasteiger partial charge in [0.25, 0.3) is 0 Å². The topological polar surface area (TPSA) is 78.6 Å². The zero-order valence-electron chi connectivity index (χ0n) is 7.37. The molecule has 0 aliphatic carbocycles. The molecule has 70 valence electrons. The minimum Gasteiger partial charge on any atom is -0.318 e. The fraction of sp³-hybridized carbons (Fsp3) is 0.714. The molecule has 0 saturated carbocycles. The third-order valence-electron chi connectivity index (χ3n) is 1.23. The highest BCUT2D eigenvalue weighted by atomic mass is 17.2. The van der Waals surface area contributed by atoms with Gasteiger partial charge in [0.15, 0.2) is 0 Å². The predicted molar refractivity (Wildman–Crippen MR) is 40.7 cm³/mol. The number of carbonyl (C=O) groups excluding carboxylic acids is 2. The molecule has 12 heavy (non-hydrogen) atoms. The standard InChI is InChI=1S/C7H13NO4/c1-4(2)6(8)7(10)12-11-5(3)9/h4,6H,8H2,1-3H3. The Morgan fingerprint density at radius 1 is 1.25 bits per heavy atom. The van der Waals surface area contributed by atoms with Crippen molar-refractivity contribution in [3.8, 4) is 0 Å². The summed E-state index contributed by atoms with van der Waals surface area (Å²) >= 11 is 0. The van der Waals surface area contributed by atoms with E-state index in [0.29, 0.717) is 0 Å². The van der Waals surface area contributed by atoms with Crippen molar-refractivity contribution in [1.29, 1.82) is 0 Å². The third kappa shape index (κ3) is 3.92. The number of carbonyl (C=O) groups is 2. The molecule has 0 spiro atoms. The smallest absolute Gasteiger partial charge is 0.318 e. The molecule has 5 heteroatoms. The minimum absolute atomic E-state index is 0.0481. The molecule has 2 N–H and O–H groups in total. The second kappa shape index (κ2) is 4.71. The molecular weight excluding hydrogens is 162 g/mol. The first-order chi connectivity index (χ1) is 5.45. The lowest BCUT2D eigenvalue weighted by Crippen LogP contribution is -2.37. The predicted octanol–water partition coefficient (Wildman–Crippen LogP) is -0.00900. The van der Waals surface area contributed by atoms with Crippen molar-refractivity contribution >= 4 is 11.9 Å². The van der Waals surface area contributed by atoms with Crippen LogP contribution in [0.2, 0.25) is 0 Å². The summed E-state index contributed by atoms with van der Waals surface area (Å²) in [5, 5.41) is 0. The van der Waals surface area contributed by atoms with Gasteiger partial charge in [0.1, 0.15) is 6.04 Å². The van der Waals surface area contributed by atoms with E-state index < -0.39 is 18.0 Å². The number of nitrogens with two attached hydrogens (primary N) is 1. The summed E-state index contributed by atoms with van der Waals surface area (Å²) in [6.07, 6.45) is 0. The van der Waals surface area contributed by atoms with Gasteiger partial charge in [-0.25, -0.2) is 19.4 Å². The van der Waals surface area contributed by atoms with Crippen LogP contribution in [0.15, 0.2) is 0 Å². The molecule has 1 atom stereocenters. The van der Waals surface area contributed by atoms with E-state index in [9.17, 15) is 9.59 Å². The largest absolute Gasteiger partial charge is 0.372 e. The van der Waals surface area contributed by atoms with Crippen LogP contribution in [0.5, 0.6) is 0 Å². The zero-order valence-corrected chi connectivity index (χ0v) is 7.37. The van der Waals surface area contributed by atoms with E-state index in [4.69, 9.17) is 5.73 Å². The van der Waals surface area contributed by atoms with Gasteiger partial charge in [-0.15, -0.1) is 0 Å². The summed E-state index contributed by atoms with van der Waals surface area (Å²) in [4.78, 5) is 29.2. The van der Waals surface area contributed by atoms with E-state index >= 15 is 0 Å². The minimum atomic E-state index is -0.760. The molecule has 0 fully saturated rings. The van der Waals surface area contributed by atoms with Gasteiger partial charge in [-0.1, -0.05) is 13.8 Å². The Balaban J connectivity index is 3.80. The zero-order chi connectivity index (χ0) is 9.72. The number of hydrogen-bond donors (Lipinski definition) is 1. The summed E-state index contributed by atoms with van der Waals surface area (Å²) in [7, 11) is 0. The van der Waals surface area contributed by atoms with Gasteiger partial charge in [-0.05, 0) is 5.92 Å². The van der Waals surface area contributed by atoms with Gasteiger partial charge in [-0.2, -0.15) is 0 Å². The van der Waals surface area contributed by atoms with Crippen molar-refractivity contribution in [2.24, 2.45) is 11.7 Å². The van der Waals surface area contributed by atoms with E-state index in [1.54, 1.807) is 13.8 Å². The average Bonchev–Trinajstić information content (AvgIpc) is 1.98. The van der Waals surface area contributed by atoms with E-state index in [2.05, 4.69) is 9.78 Å². The van der Waals surface area contributed by atoms with Crippen LogP contribution in [0.4, 0.5) is 0 Å². The molecule has 0 aromatic carbocycles. The summed E-state index contributed by atoms with van der Waals surface area (Å²) in [5.74, 6) is -1.47. The van der Waals surface area contributed by atoms with Gasteiger partial charge in [-0.3, -0.25) is 0 Å². The van der Waals surface area contributed by atoms with Crippen LogP contribution >= 0.6 is 0 Å². The van der Waals surface area contributed by atoms with E-state index in [0.717, 1.165) is 6.92 Å². The maximum absolute atomic E-state index is 10.9. The van der Waals surface area contributed by atoms with Crippen LogP contribution < -0.4 is 5.73 Å². The quantitative estimate of drug-likeness (QED) is 0.471. The number of hydrogen-bond acceptors (Lipinski definition) is 5. The Morgan fingerprint density at radius 3 is 2.08 bits per heavy atom. The molecule has 0 rings (SSSR count). The Hall–Kier alpha value is -1.10. The van der Waals surface area contributed by atoms with Gasteiger partial charge in [0.2, 0.25) is 0 Å². The summed E-state index contributed by atoms with van der Waals surface area (Å²) in [6.45, 7) is 4.66. The molecule has 1 unspecified atom stereocenters. The van der Waals surface area contributed by atoms with Gasteiger partial charge in [0.05, 0.1) is 0 Å². The van der Waals surface area contributed by atoms with Crippen molar-refractivity contribution < 1.29 is 19.4 Å². The lowest BCUT2D eigenvalue weighted by atomic mass is 10.1. The van der Waals surface area contributed by atoms with Crippen molar-refractivity contribution in [3.63, 3.8) is 0 Å². The molecule has 0 amide bonds. The van der Waals surface area contributed by atoms with Crippen LogP contribution in [0, 0.1) is 5.92 Å². The monoisotopic (exact) mass is 175 g/mol. The first-order valence-corrected chi connectivity index (χ1v) is 3.59. The van der Waals surface area contributed by atoms with E-state index in [-0.39, 0.29) is 5.92 Å². The normalized spacial score (nSPS) is 12.4. The fourth-order valence-corrected chi connectivity index (χ4v) is 0.427. The van der Waals surface area contributed by atoms with Crippen LogP contribution in [-0.4, -0.2) is 18.0 Å². The van der Waals surface area contributed by atoms with E-state index in [1.165, 1.54) is 0 Å². The van der Waals surface area contributed by atoms with Gasteiger partial charge < -0.3 is 5.73 Å². The maximum atomic E-state index is 10.9. The number of rotatable bonds is 2. The van der Waals surface area contributed by atoms with Crippen LogP contribution in [0.25, 0.3) is 0 Å². The highest BCUT2D eigenvalue weighted by Gasteiger charge is 2.20. The van der Waals surface area contributed by atoms with E-state index in [1.807, 2.05) is 0 Å². The molecule has 0 aromatic heterocycles. The van der Waals surface area contributed by atoms with Crippen LogP contribution in [0.3, 0.4) is 0 Å². The molecule has 5 nitrogen and oxygen atoms in total. The Labute approximate surface area is 70.7 Å². The fourth-order valence-electron chi connectivity index (χ4n) is 0.427.